The fourth-order valence-corrected chi connectivity index (χ4v) is 3.44. The molecule has 2 aromatic rings. The number of carbonyl (C=O) groups is 1. The summed E-state index contributed by atoms with van der Waals surface area (Å²) in [4.78, 5) is 11.4. The van der Waals surface area contributed by atoms with Gasteiger partial charge in [0.2, 0.25) is 11.2 Å². The number of nitrogens with zero attached hydrogens (tertiary/aromatic N) is 2. The number of nitriles is 1. The van der Waals surface area contributed by atoms with Crippen molar-refractivity contribution in [1.82, 2.24) is 4.72 Å². The van der Waals surface area contributed by atoms with E-state index in [1.54, 1.807) is 12.1 Å². The van der Waals surface area contributed by atoms with Crippen LogP contribution in [0.15, 0.2) is 36.4 Å². The summed E-state index contributed by atoms with van der Waals surface area (Å²) in [6, 6.07) is 11.1. The molecule has 1 fully saturated rings. The predicted octanol–water partition coefficient (Wildman–Crippen LogP) is 2.38. The van der Waals surface area contributed by atoms with Gasteiger partial charge in [-0.15, -0.1) is 0 Å². The summed E-state index contributed by atoms with van der Waals surface area (Å²) in [7, 11) is 0. The summed E-state index contributed by atoms with van der Waals surface area (Å²) in [5, 5.41) is 20.4. The van der Waals surface area contributed by atoms with E-state index in [4.69, 9.17) is 5.26 Å². The van der Waals surface area contributed by atoms with E-state index in [2.05, 4.69) is 10.8 Å². The van der Waals surface area contributed by atoms with Gasteiger partial charge in [0.15, 0.2) is 0 Å². The van der Waals surface area contributed by atoms with Gasteiger partial charge in [-0.25, -0.2) is 4.21 Å². The van der Waals surface area contributed by atoms with E-state index >= 15 is 0 Å². The van der Waals surface area contributed by atoms with Crippen molar-refractivity contribution < 1.29 is 14.1 Å². The van der Waals surface area contributed by atoms with Gasteiger partial charge < -0.3 is 5.11 Å². The fraction of sp³-hybridized carbons (Fsp3) is 0.176. The predicted molar refractivity (Wildman–Crippen MR) is 93.1 cm³/mol. The van der Waals surface area contributed by atoms with Crippen molar-refractivity contribution in [3.05, 3.63) is 42.0 Å². The van der Waals surface area contributed by atoms with E-state index in [9.17, 15) is 14.1 Å². The lowest BCUT2D eigenvalue weighted by atomic mass is 10.0. The van der Waals surface area contributed by atoms with E-state index in [1.807, 2.05) is 30.4 Å². The van der Waals surface area contributed by atoms with Crippen molar-refractivity contribution in [2.45, 2.75) is 12.8 Å². The Morgan fingerprint density at radius 2 is 2.17 bits per heavy atom. The number of hydrogen-bond donors (Lipinski definition) is 2. The van der Waals surface area contributed by atoms with Gasteiger partial charge in [0, 0.05) is 6.42 Å². The third-order valence-electron chi connectivity index (χ3n) is 3.65. The van der Waals surface area contributed by atoms with Crippen molar-refractivity contribution in [1.29, 1.82) is 5.26 Å². The van der Waals surface area contributed by atoms with E-state index in [1.165, 1.54) is 4.31 Å². The molecule has 1 aliphatic rings. The molecule has 0 spiro atoms. The lowest BCUT2D eigenvalue weighted by molar-refractivity contribution is -0.117. The van der Waals surface area contributed by atoms with E-state index < -0.39 is 11.2 Å². The second-order valence-corrected chi connectivity index (χ2v) is 6.50. The number of benzene rings is 2. The quantitative estimate of drug-likeness (QED) is 0.835. The molecule has 1 saturated heterocycles. The molecule has 0 bridgehead atoms. The van der Waals surface area contributed by atoms with Gasteiger partial charge in [-0.1, -0.05) is 24.3 Å². The van der Waals surface area contributed by atoms with Crippen molar-refractivity contribution in [3.63, 3.8) is 0 Å². The van der Waals surface area contributed by atoms with Crippen LogP contribution in [-0.4, -0.2) is 21.8 Å². The highest BCUT2D eigenvalue weighted by Gasteiger charge is 2.28. The Labute approximate surface area is 141 Å². The van der Waals surface area contributed by atoms with Gasteiger partial charge in [-0.05, 0) is 41.0 Å². The van der Waals surface area contributed by atoms with E-state index in [0.29, 0.717) is 18.5 Å². The summed E-state index contributed by atoms with van der Waals surface area (Å²) in [6.07, 6.45) is 5.03. The average Bonchev–Trinajstić information content (AvgIpc) is 2.89. The second kappa shape index (κ2) is 6.72. The fourth-order valence-electron chi connectivity index (χ4n) is 2.51. The number of fused-ring (bicyclic) bond motifs is 1. The minimum atomic E-state index is -1.68. The first kappa shape index (κ1) is 16.0. The Kier molecular flexibility index (Phi) is 4.49. The summed E-state index contributed by atoms with van der Waals surface area (Å²) < 4.78 is 15.5. The number of phenolic OH excluding ortho intramolecular Hbond substituents is 1. The summed E-state index contributed by atoms with van der Waals surface area (Å²) in [5.41, 5.74) is 1.32. The molecule has 3 rings (SSSR count). The Balaban J connectivity index is 1.96. The Bertz CT molecular complexity index is 902. The summed E-state index contributed by atoms with van der Waals surface area (Å²) >= 11 is -1.68. The van der Waals surface area contributed by atoms with Gasteiger partial charge in [0.25, 0.3) is 5.91 Å². The zero-order chi connectivity index (χ0) is 17.1. The van der Waals surface area contributed by atoms with Crippen LogP contribution in [0.2, 0.25) is 0 Å². The molecule has 1 amide bonds. The molecule has 1 aliphatic heterocycles. The molecule has 6 nitrogen and oxygen atoms in total. The minimum Gasteiger partial charge on any atom is -0.506 e. The number of aromatic hydroxyl groups is 1. The van der Waals surface area contributed by atoms with Crippen LogP contribution in [-0.2, 0) is 16.0 Å². The van der Waals surface area contributed by atoms with Crippen molar-refractivity contribution in [2.24, 2.45) is 0 Å². The lowest BCUT2D eigenvalue weighted by Gasteiger charge is -2.16. The first-order valence-corrected chi connectivity index (χ1v) is 8.48. The van der Waals surface area contributed by atoms with E-state index in [-0.39, 0.29) is 18.2 Å². The third-order valence-corrected chi connectivity index (χ3v) is 4.78. The standard InChI is InChI=1S/C17H15N3O3S/c18-7-3-1-2-4-12-5-6-13-10-16(21)15(9-14(13)8-12)20-11-17(22)19-24(20)23/h2,4-6,8-10,21H,1,3,11H2,(H,19,22)/b4-2+. The van der Waals surface area contributed by atoms with E-state index in [0.717, 1.165) is 16.3 Å². The van der Waals surface area contributed by atoms with Crippen LogP contribution in [0.5, 0.6) is 5.75 Å². The lowest BCUT2D eigenvalue weighted by Crippen LogP contribution is -2.22. The molecule has 1 heterocycles. The molecular formula is C17H15N3O3S. The molecule has 0 saturated carbocycles. The molecule has 1 atom stereocenters. The smallest absolute Gasteiger partial charge is 0.253 e. The Hall–Kier alpha value is -2.85. The van der Waals surface area contributed by atoms with Gasteiger partial charge in [-0.2, -0.15) is 5.26 Å². The van der Waals surface area contributed by atoms with Crippen LogP contribution in [0.1, 0.15) is 18.4 Å². The zero-order valence-electron chi connectivity index (χ0n) is 12.7. The minimum absolute atomic E-state index is 0.0235. The number of unbranched alkanes of at least 4 members (excludes halogenated alkanes) is 1. The first-order chi connectivity index (χ1) is 11.6. The number of phenols is 1. The normalized spacial score (nSPS) is 17.4. The first-order valence-electron chi connectivity index (χ1n) is 7.37. The maximum absolute atomic E-state index is 11.9. The average molecular weight is 341 g/mol. The number of carbonyl (C=O) groups excluding carboxylic acids is 1. The molecule has 122 valence electrons. The maximum atomic E-state index is 11.9. The molecule has 7 heteroatoms. The van der Waals surface area contributed by atoms with Gasteiger partial charge in [-0.3, -0.25) is 13.8 Å². The number of rotatable bonds is 4. The molecule has 2 aromatic carbocycles. The Morgan fingerprint density at radius 1 is 1.33 bits per heavy atom. The highest BCUT2D eigenvalue weighted by molar-refractivity contribution is 7.85. The van der Waals surface area contributed by atoms with Crippen LogP contribution in [0, 0.1) is 11.3 Å². The van der Waals surface area contributed by atoms with Crippen LogP contribution in [0.4, 0.5) is 5.69 Å². The SMILES string of the molecule is N#CCC/C=C/c1ccc2cc(O)c(N3CC(=O)NS3=O)cc2c1. The largest absolute Gasteiger partial charge is 0.506 e. The number of hydrogen-bond acceptors (Lipinski definition) is 4. The molecule has 2 N–H and O–H groups in total. The maximum Gasteiger partial charge on any atom is 0.253 e. The summed E-state index contributed by atoms with van der Waals surface area (Å²) in [5.74, 6) is -0.369. The Morgan fingerprint density at radius 3 is 2.88 bits per heavy atom. The van der Waals surface area contributed by atoms with Crippen LogP contribution in [0.3, 0.4) is 0 Å². The zero-order valence-corrected chi connectivity index (χ0v) is 13.5. The topological polar surface area (TPSA) is 93.4 Å². The summed E-state index contributed by atoms with van der Waals surface area (Å²) in [6.45, 7) is -0.0561. The molecule has 1 unspecified atom stereocenters. The molecule has 0 radical (unpaired) electrons. The van der Waals surface area contributed by atoms with Crippen LogP contribution in [0.25, 0.3) is 16.8 Å². The number of nitrogens with one attached hydrogen (secondary N) is 1. The number of amides is 1. The highest BCUT2D eigenvalue weighted by Crippen LogP contribution is 2.34. The van der Waals surface area contributed by atoms with Crippen molar-refractivity contribution in [2.75, 3.05) is 10.8 Å². The number of allylic oxidation sites excluding steroid dienone is 1. The van der Waals surface area contributed by atoms with Gasteiger partial charge in [0.1, 0.15) is 12.3 Å². The second-order valence-electron chi connectivity index (χ2n) is 5.36. The van der Waals surface area contributed by atoms with Crippen LogP contribution >= 0.6 is 0 Å². The molecule has 0 aliphatic carbocycles. The van der Waals surface area contributed by atoms with Crippen molar-refractivity contribution >= 4 is 39.6 Å². The molecule has 0 aromatic heterocycles. The molecule has 24 heavy (non-hydrogen) atoms. The highest BCUT2D eigenvalue weighted by atomic mass is 32.2. The monoisotopic (exact) mass is 341 g/mol. The number of anilines is 1. The molecular weight excluding hydrogens is 326 g/mol. The van der Waals surface area contributed by atoms with Gasteiger partial charge in [0.05, 0.1) is 11.8 Å². The van der Waals surface area contributed by atoms with Crippen LogP contribution < -0.4 is 9.03 Å². The third kappa shape index (κ3) is 3.24. The van der Waals surface area contributed by atoms with Crippen molar-refractivity contribution in [3.8, 4) is 11.8 Å². The van der Waals surface area contributed by atoms with Gasteiger partial charge >= 0.3 is 0 Å².